The second kappa shape index (κ2) is 9.67. The first-order valence-electron chi connectivity index (χ1n) is 10.7. The van der Waals surface area contributed by atoms with E-state index >= 15 is 0 Å². The average molecular weight is 478 g/mol. The summed E-state index contributed by atoms with van der Waals surface area (Å²) < 4.78 is 1.77. The highest BCUT2D eigenvalue weighted by atomic mass is 35.5. The number of aliphatic carboxylic acids is 1. The van der Waals surface area contributed by atoms with Crippen LogP contribution in [0, 0.1) is 6.92 Å². The maximum atomic E-state index is 13.1. The normalized spacial score (nSPS) is 12.9. The molecule has 0 spiro atoms. The molecule has 2 atom stereocenters. The first kappa shape index (κ1) is 23.5. The molecule has 2 heterocycles. The van der Waals surface area contributed by atoms with Crippen molar-refractivity contribution in [2.24, 2.45) is 7.05 Å². The number of fused-ring (bicyclic) bond motifs is 1. The molecule has 0 aliphatic rings. The van der Waals surface area contributed by atoms with Crippen molar-refractivity contribution in [3.63, 3.8) is 0 Å². The van der Waals surface area contributed by atoms with Crippen LogP contribution in [0.1, 0.15) is 44.7 Å². The summed E-state index contributed by atoms with van der Waals surface area (Å²) in [6, 6.07) is 15.1. The lowest BCUT2D eigenvalue weighted by Gasteiger charge is -2.19. The first-order chi connectivity index (χ1) is 16.3. The molecule has 2 aromatic carbocycles. The van der Waals surface area contributed by atoms with Crippen LogP contribution in [0.25, 0.3) is 10.9 Å². The van der Waals surface area contributed by atoms with Crippen LogP contribution in [0.3, 0.4) is 0 Å². The fourth-order valence-electron chi connectivity index (χ4n) is 4.15. The van der Waals surface area contributed by atoms with Crippen LogP contribution < -0.4 is 5.32 Å². The summed E-state index contributed by atoms with van der Waals surface area (Å²) in [5, 5.41) is 23.9. The van der Waals surface area contributed by atoms with Gasteiger partial charge in [-0.25, -0.2) is 0 Å². The molecule has 0 bridgehead atoms. The second-order valence-electron chi connectivity index (χ2n) is 8.20. The largest absolute Gasteiger partial charge is 0.481 e. The van der Waals surface area contributed by atoms with E-state index in [0.29, 0.717) is 27.4 Å². The van der Waals surface area contributed by atoms with Crippen LogP contribution >= 0.6 is 11.6 Å². The third kappa shape index (κ3) is 4.53. The zero-order chi connectivity index (χ0) is 24.4. The van der Waals surface area contributed by atoms with Gasteiger partial charge in [0.2, 0.25) is 0 Å². The SMILES string of the molecule is Cc1cc(Cl)c2cc(C(=O)N[C@H](CO)c3ccc(C(C(=O)O)c4cccnc4)cc3)n(C)c2c1. The Labute approximate surface area is 201 Å². The number of halogens is 1. The summed E-state index contributed by atoms with van der Waals surface area (Å²) in [4.78, 5) is 29.0. The predicted molar refractivity (Wildman–Crippen MR) is 130 cm³/mol. The summed E-state index contributed by atoms with van der Waals surface area (Å²) in [6.45, 7) is 1.62. The molecule has 1 unspecified atom stereocenters. The Morgan fingerprint density at radius 3 is 2.41 bits per heavy atom. The van der Waals surface area contributed by atoms with Crippen LogP contribution in [0.15, 0.2) is 67.0 Å². The van der Waals surface area contributed by atoms with E-state index in [4.69, 9.17) is 11.6 Å². The molecule has 8 heteroatoms. The number of aromatic nitrogens is 2. The minimum atomic E-state index is -0.988. The van der Waals surface area contributed by atoms with E-state index in [2.05, 4.69) is 10.3 Å². The van der Waals surface area contributed by atoms with Gasteiger partial charge >= 0.3 is 5.97 Å². The van der Waals surface area contributed by atoms with E-state index in [0.717, 1.165) is 16.5 Å². The van der Waals surface area contributed by atoms with Crippen LogP contribution in [0.4, 0.5) is 0 Å². The third-order valence-corrected chi connectivity index (χ3v) is 6.23. The molecule has 2 aromatic heterocycles. The Balaban J connectivity index is 1.58. The zero-order valence-electron chi connectivity index (χ0n) is 18.7. The molecular weight excluding hydrogens is 454 g/mol. The average Bonchev–Trinajstić information content (AvgIpc) is 3.15. The minimum Gasteiger partial charge on any atom is -0.481 e. The topological polar surface area (TPSA) is 104 Å². The van der Waals surface area contributed by atoms with Gasteiger partial charge in [0.1, 0.15) is 11.6 Å². The molecule has 7 nitrogen and oxygen atoms in total. The number of benzene rings is 2. The van der Waals surface area contributed by atoms with Crippen molar-refractivity contribution in [3.05, 3.63) is 100.0 Å². The summed E-state index contributed by atoms with van der Waals surface area (Å²) in [5.74, 6) is -2.21. The van der Waals surface area contributed by atoms with Gasteiger partial charge in [0.05, 0.1) is 23.2 Å². The van der Waals surface area contributed by atoms with Gasteiger partial charge in [-0.15, -0.1) is 0 Å². The fourth-order valence-corrected chi connectivity index (χ4v) is 4.47. The molecule has 1 amide bonds. The maximum absolute atomic E-state index is 13.1. The van der Waals surface area contributed by atoms with Crippen molar-refractivity contribution in [3.8, 4) is 0 Å². The summed E-state index contributed by atoms with van der Waals surface area (Å²) in [7, 11) is 1.79. The zero-order valence-corrected chi connectivity index (χ0v) is 19.5. The molecule has 34 heavy (non-hydrogen) atoms. The highest BCUT2D eigenvalue weighted by Gasteiger charge is 2.24. The molecule has 0 saturated heterocycles. The molecule has 0 aliphatic carbocycles. The van der Waals surface area contributed by atoms with Crippen molar-refractivity contribution in [1.82, 2.24) is 14.9 Å². The Kier molecular flexibility index (Phi) is 6.68. The minimum absolute atomic E-state index is 0.320. The molecule has 0 aliphatic heterocycles. The van der Waals surface area contributed by atoms with E-state index < -0.39 is 17.9 Å². The quantitative estimate of drug-likeness (QED) is 0.370. The smallest absolute Gasteiger partial charge is 0.315 e. The lowest BCUT2D eigenvalue weighted by atomic mass is 9.91. The van der Waals surface area contributed by atoms with E-state index in [1.54, 1.807) is 60.3 Å². The van der Waals surface area contributed by atoms with Crippen molar-refractivity contribution in [2.75, 3.05) is 6.61 Å². The van der Waals surface area contributed by atoms with Crippen molar-refractivity contribution in [2.45, 2.75) is 18.9 Å². The van der Waals surface area contributed by atoms with Crippen LogP contribution in [-0.4, -0.2) is 38.2 Å². The molecule has 0 fully saturated rings. The third-order valence-electron chi connectivity index (χ3n) is 5.91. The van der Waals surface area contributed by atoms with Gasteiger partial charge < -0.3 is 20.1 Å². The number of carboxylic acid groups (broad SMARTS) is 1. The number of nitrogens with zero attached hydrogens (tertiary/aromatic N) is 2. The second-order valence-corrected chi connectivity index (χ2v) is 8.61. The number of aliphatic hydroxyl groups excluding tert-OH is 1. The van der Waals surface area contributed by atoms with Gasteiger partial charge in [-0.05, 0) is 53.4 Å². The van der Waals surface area contributed by atoms with E-state index in [1.807, 2.05) is 19.1 Å². The monoisotopic (exact) mass is 477 g/mol. The predicted octanol–water partition coefficient (Wildman–Crippen LogP) is 4.22. The van der Waals surface area contributed by atoms with E-state index in [1.165, 1.54) is 6.20 Å². The molecule has 4 rings (SSSR count). The Morgan fingerprint density at radius 1 is 1.09 bits per heavy atom. The fraction of sp³-hybridized carbons (Fsp3) is 0.192. The van der Waals surface area contributed by atoms with Gasteiger partial charge in [-0.3, -0.25) is 14.6 Å². The number of rotatable bonds is 7. The number of aryl methyl sites for hydroxylation is 2. The number of nitrogens with one attached hydrogen (secondary N) is 1. The number of hydrogen-bond acceptors (Lipinski definition) is 4. The van der Waals surface area contributed by atoms with E-state index in [9.17, 15) is 19.8 Å². The summed E-state index contributed by atoms with van der Waals surface area (Å²) in [5.41, 5.74) is 4.05. The Morgan fingerprint density at radius 2 is 1.79 bits per heavy atom. The van der Waals surface area contributed by atoms with Gasteiger partial charge in [0, 0.05) is 24.8 Å². The molecule has 4 aromatic rings. The maximum Gasteiger partial charge on any atom is 0.315 e. The number of aliphatic hydroxyl groups is 1. The lowest BCUT2D eigenvalue weighted by molar-refractivity contribution is -0.137. The van der Waals surface area contributed by atoms with Crippen LogP contribution in [0.5, 0.6) is 0 Å². The van der Waals surface area contributed by atoms with Gasteiger partial charge in [0.15, 0.2) is 0 Å². The van der Waals surface area contributed by atoms with Gasteiger partial charge in [0.25, 0.3) is 5.91 Å². The number of carbonyl (C=O) groups excluding carboxylic acids is 1. The van der Waals surface area contributed by atoms with Crippen molar-refractivity contribution >= 4 is 34.4 Å². The standard InChI is InChI=1S/C26H24ClN3O4/c1-15-10-20(27)19-12-23(30(2)22(19)11-15)25(32)29-21(14-31)16-5-7-17(8-6-16)24(26(33)34)18-4-3-9-28-13-18/h3-13,21,24,31H,14H2,1-2H3,(H,29,32)(H,33,34)/t21-,24?/m1/s1. The molecule has 0 radical (unpaired) electrons. The number of carbonyl (C=O) groups is 2. The molecule has 0 saturated carbocycles. The Bertz CT molecular complexity index is 1350. The molecule has 3 N–H and O–H groups in total. The summed E-state index contributed by atoms with van der Waals surface area (Å²) in [6.07, 6.45) is 3.12. The highest BCUT2D eigenvalue weighted by Crippen LogP contribution is 2.29. The van der Waals surface area contributed by atoms with Crippen LogP contribution in [0.2, 0.25) is 5.02 Å². The molecular formula is C26H24ClN3O4. The van der Waals surface area contributed by atoms with Crippen LogP contribution in [-0.2, 0) is 11.8 Å². The Hall–Kier alpha value is -3.68. The highest BCUT2D eigenvalue weighted by molar-refractivity contribution is 6.35. The molecule has 174 valence electrons. The van der Waals surface area contributed by atoms with Gasteiger partial charge in [-0.1, -0.05) is 41.9 Å². The summed E-state index contributed by atoms with van der Waals surface area (Å²) >= 11 is 6.36. The van der Waals surface area contributed by atoms with Crippen molar-refractivity contribution < 1.29 is 19.8 Å². The van der Waals surface area contributed by atoms with E-state index in [-0.39, 0.29) is 12.5 Å². The number of pyridine rings is 1. The number of hydrogen-bond donors (Lipinski definition) is 3. The number of amides is 1. The van der Waals surface area contributed by atoms with Crippen molar-refractivity contribution in [1.29, 1.82) is 0 Å². The number of carboxylic acids is 1. The first-order valence-corrected chi connectivity index (χ1v) is 11.1. The van der Waals surface area contributed by atoms with Gasteiger partial charge in [-0.2, -0.15) is 0 Å². The lowest BCUT2D eigenvalue weighted by Crippen LogP contribution is -2.32.